The molecule has 1 aliphatic heterocycles. The number of thiazole rings is 1. The van der Waals surface area contributed by atoms with E-state index in [1.165, 1.54) is 11.3 Å². The lowest BCUT2D eigenvalue weighted by Crippen LogP contribution is -2.38. The lowest BCUT2D eigenvalue weighted by Gasteiger charge is -2.30. The summed E-state index contributed by atoms with van der Waals surface area (Å²) >= 11 is 7.74. The van der Waals surface area contributed by atoms with Crippen LogP contribution in [0.25, 0.3) is 10.6 Å². The molecule has 1 saturated heterocycles. The zero-order valence-electron chi connectivity index (χ0n) is 12.6. The first-order valence-corrected chi connectivity index (χ1v) is 8.86. The highest BCUT2D eigenvalue weighted by Crippen LogP contribution is 2.30. The van der Waals surface area contributed by atoms with Gasteiger partial charge in [-0.25, -0.2) is 4.98 Å². The molecule has 2 heterocycles. The van der Waals surface area contributed by atoms with E-state index in [0.29, 0.717) is 11.4 Å². The van der Waals surface area contributed by atoms with E-state index < -0.39 is 0 Å². The largest absolute Gasteiger partial charge is 0.342 e. The third kappa shape index (κ3) is 3.50. The van der Waals surface area contributed by atoms with E-state index in [4.69, 9.17) is 11.6 Å². The maximum Gasteiger partial charge on any atom is 0.228 e. The van der Waals surface area contributed by atoms with Gasteiger partial charge in [0.05, 0.1) is 17.1 Å². The van der Waals surface area contributed by atoms with Crippen LogP contribution in [0.3, 0.4) is 0 Å². The minimum atomic E-state index is 0.183. The van der Waals surface area contributed by atoms with Crippen molar-refractivity contribution in [3.8, 4) is 10.6 Å². The average molecular weight is 335 g/mol. The Morgan fingerprint density at radius 1 is 1.36 bits per heavy atom. The fourth-order valence-electron chi connectivity index (χ4n) is 2.67. The molecule has 1 aromatic heterocycles. The SMILES string of the molecule is CC1CCN(C(=O)Cc2csc(-c3ccccc3Cl)n2)CC1. The molecule has 116 valence electrons. The Morgan fingerprint density at radius 2 is 2.09 bits per heavy atom. The first kappa shape index (κ1) is 15.5. The molecule has 0 N–H and O–H groups in total. The van der Waals surface area contributed by atoms with E-state index in [0.717, 1.165) is 48.1 Å². The summed E-state index contributed by atoms with van der Waals surface area (Å²) in [6.45, 7) is 4.00. The Kier molecular flexibility index (Phi) is 4.79. The Hall–Kier alpha value is -1.39. The molecule has 1 fully saturated rings. The molecule has 0 bridgehead atoms. The van der Waals surface area contributed by atoms with Gasteiger partial charge in [-0.05, 0) is 24.8 Å². The van der Waals surface area contributed by atoms with Crippen LogP contribution in [0, 0.1) is 5.92 Å². The number of rotatable bonds is 3. The Balaban J connectivity index is 1.67. The first-order valence-electron chi connectivity index (χ1n) is 7.60. The second kappa shape index (κ2) is 6.80. The summed E-state index contributed by atoms with van der Waals surface area (Å²) in [6.07, 6.45) is 2.59. The second-order valence-electron chi connectivity index (χ2n) is 5.86. The molecule has 0 unspecified atom stereocenters. The van der Waals surface area contributed by atoms with Gasteiger partial charge in [-0.3, -0.25) is 4.79 Å². The smallest absolute Gasteiger partial charge is 0.228 e. The number of hydrogen-bond acceptors (Lipinski definition) is 3. The molecule has 3 nitrogen and oxygen atoms in total. The predicted molar refractivity (Wildman–Crippen MR) is 91.2 cm³/mol. The van der Waals surface area contributed by atoms with Gasteiger partial charge in [0.15, 0.2) is 0 Å². The van der Waals surface area contributed by atoms with Crippen LogP contribution in [0.4, 0.5) is 0 Å². The zero-order valence-corrected chi connectivity index (χ0v) is 14.2. The van der Waals surface area contributed by atoms with Crippen molar-refractivity contribution in [1.29, 1.82) is 0 Å². The van der Waals surface area contributed by atoms with Gasteiger partial charge in [0.2, 0.25) is 5.91 Å². The maximum absolute atomic E-state index is 12.4. The van der Waals surface area contributed by atoms with Gasteiger partial charge in [0.1, 0.15) is 5.01 Å². The molecule has 0 saturated carbocycles. The van der Waals surface area contributed by atoms with Crippen LogP contribution >= 0.6 is 22.9 Å². The van der Waals surface area contributed by atoms with E-state index in [1.54, 1.807) is 0 Å². The molecule has 2 aromatic rings. The predicted octanol–water partition coefficient (Wildman–Crippen LogP) is 4.26. The molecule has 5 heteroatoms. The second-order valence-corrected chi connectivity index (χ2v) is 7.13. The summed E-state index contributed by atoms with van der Waals surface area (Å²) < 4.78 is 0. The quantitative estimate of drug-likeness (QED) is 0.840. The van der Waals surface area contributed by atoms with Crippen molar-refractivity contribution in [3.63, 3.8) is 0 Å². The highest BCUT2D eigenvalue weighted by Gasteiger charge is 2.21. The number of carbonyl (C=O) groups is 1. The van der Waals surface area contributed by atoms with Crippen molar-refractivity contribution in [2.24, 2.45) is 5.92 Å². The first-order chi connectivity index (χ1) is 10.6. The van der Waals surface area contributed by atoms with Crippen molar-refractivity contribution in [3.05, 3.63) is 40.4 Å². The highest BCUT2D eigenvalue weighted by molar-refractivity contribution is 7.13. The fraction of sp³-hybridized carbons (Fsp3) is 0.412. The number of amides is 1. The normalized spacial score (nSPS) is 16.0. The zero-order chi connectivity index (χ0) is 15.5. The Labute approximate surface area is 139 Å². The summed E-state index contributed by atoms with van der Waals surface area (Å²) in [4.78, 5) is 18.9. The average Bonchev–Trinajstić information content (AvgIpc) is 2.96. The molecule has 0 aliphatic carbocycles. The van der Waals surface area contributed by atoms with Crippen LogP contribution in [-0.4, -0.2) is 28.9 Å². The van der Waals surface area contributed by atoms with Gasteiger partial charge in [-0.2, -0.15) is 0 Å². The molecular formula is C17H19ClN2OS. The van der Waals surface area contributed by atoms with Crippen LogP contribution < -0.4 is 0 Å². The van der Waals surface area contributed by atoms with Crippen molar-refractivity contribution in [1.82, 2.24) is 9.88 Å². The number of piperidine rings is 1. The number of carbonyl (C=O) groups excluding carboxylic acids is 1. The molecule has 0 radical (unpaired) electrons. The molecule has 1 aromatic carbocycles. The summed E-state index contributed by atoms with van der Waals surface area (Å²) in [5.74, 6) is 0.915. The molecule has 0 spiro atoms. The van der Waals surface area contributed by atoms with Crippen molar-refractivity contribution in [2.45, 2.75) is 26.2 Å². The molecule has 1 amide bonds. The minimum Gasteiger partial charge on any atom is -0.342 e. The van der Waals surface area contributed by atoms with Crippen LogP contribution in [0.15, 0.2) is 29.6 Å². The third-order valence-corrected chi connectivity index (χ3v) is 5.38. The monoisotopic (exact) mass is 334 g/mol. The van der Waals surface area contributed by atoms with Crippen LogP contribution in [0.1, 0.15) is 25.5 Å². The van der Waals surface area contributed by atoms with Crippen molar-refractivity contribution >= 4 is 28.8 Å². The molecule has 1 aliphatic rings. The lowest BCUT2D eigenvalue weighted by atomic mass is 9.99. The van der Waals surface area contributed by atoms with Gasteiger partial charge < -0.3 is 4.90 Å². The van der Waals surface area contributed by atoms with Crippen LogP contribution in [-0.2, 0) is 11.2 Å². The minimum absolute atomic E-state index is 0.183. The Bertz CT molecular complexity index is 662. The standard InChI is InChI=1S/C17H19ClN2OS/c1-12-6-8-20(9-7-12)16(21)10-13-11-22-17(19-13)14-4-2-3-5-15(14)18/h2-5,11-12H,6-10H2,1H3. The number of likely N-dealkylation sites (tertiary alicyclic amines) is 1. The van der Waals surface area contributed by atoms with Crippen LogP contribution in [0.2, 0.25) is 5.02 Å². The summed E-state index contributed by atoms with van der Waals surface area (Å²) in [5, 5.41) is 3.53. The van der Waals surface area contributed by atoms with Crippen molar-refractivity contribution < 1.29 is 4.79 Å². The number of aromatic nitrogens is 1. The van der Waals surface area contributed by atoms with E-state index in [1.807, 2.05) is 34.5 Å². The van der Waals surface area contributed by atoms with Gasteiger partial charge >= 0.3 is 0 Å². The Morgan fingerprint density at radius 3 is 2.82 bits per heavy atom. The maximum atomic E-state index is 12.4. The van der Waals surface area contributed by atoms with E-state index >= 15 is 0 Å². The van der Waals surface area contributed by atoms with Gasteiger partial charge in [-0.15, -0.1) is 11.3 Å². The number of hydrogen-bond donors (Lipinski definition) is 0. The third-order valence-electron chi connectivity index (χ3n) is 4.12. The van der Waals surface area contributed by atoms with E-state index in [2.05, 4.69) is 11.9 Å². The molecule has 0 atom stereocenters. The molecule has 3 rings (SSSR count). The topological polar surface area (TPSA) is 33.2 Å². The van der Waals surface area contributed by atoms with Crippen LogP contribution in [0.5, 0.6) is 0 Å². The fourth-order valence-corrected chi connectivity index (χ4v) is 3.81. The summed E-state index contributed by atoms with van der Waals surface area (Å²) in [6, 6.07) is 7.67. The number of nitrogens with zero attached hydrogens (tertiary/aromatic N) is 2. The summed E-state index contributed by atoms with van der Waals surface area (Å²) in [7, 11) is 0. The summed E-state index contributed by atoms with van der Waals surface area (Å²) in [5.41, 5.74) is 1.77. The number of benzene rings is 1. The highest BCUT2D eigenvalue weighted by atomic mass is 35.5. The van der Waals surface area contributed by atoms with Gasteiger partial charge in [0.25, 0.3) is 0 Å². The van der Waals surface area contributed by atoms with E-state index in [9.17, 15) is 4.79 Å². The number of halogens is 1. The van der Waals surface area contributed by atoms with Crippen molar-refractivity contribution in [2.75, 3.05) is 13.1 Å². The van der Waals surface area contributed by atoms with Gasteiger partial charge in [-0.1, -0.05) is 36.7 Å². The molecular weight excluding hydrogens is 316 g/mol. The lowest BCUT2D eigenvalue weighted by molar-refractivity contribution is -0.131. The van der Waals surface area contributed by atoms with E-state index in [-0.39, 0.29) is 5.91 Å². The van der Waals surface area contributed by atoms with Gasteiger partial charge in [0, 0.05) is 24.0 Å². The molecule has 22 heavy (non-hydrogen) atoms.